The van der Waals surface area contributed by atoms with Gasteiger partial charge in [-0.05, 0) is 6.92 Å². The number of rotatable bonds is 11. The van der Waals surface area contributed by atoms with Gasteiger partial charge in [0.15, 0.2) is 31.2 Å². The van der Waals surface area contributed by atoms with E-state index in [0.717, 1.165) is 6.92 Å². The Bertz CT molecular complexity index is 807. The summed E-state index contributed by atoms with van der Waals surface area (Å²) in [5.74, 6) is -0.676. The average molecular weight is 632 g/mol. The summed E-state index contributed by atoms with van der Waals surface area (Å²) in [4.78, 5) is 12.0. The molecule has 21 heteroatoms. The van der Waals surface area contributed by atoms with Gasteiger partial charge in [0, 0.05) is 6.92 Å². The monoisotopic (exact) mass is 631 g/mol. The largest absolute Gasteiger partial charge is 1.00 e. The third-order valence-corrected chi connectivity index (χ3v) is 7.05. The number of hydrogen-bond acceptors (Lipinski definition) is 19. The Morgan fingerprint density at radius 2 is 1.44 bits per heavy atom. The van der Waals surface area contributed by atoms with Crippen molar-refractivity contribution in [1.82, 2.24) is 5.32 Å². The first-order chi connectivity index (χ1) is 18.9. The molecule has 234 valence electrons. The summed E-state index contributed by atoms with van der Waals surface area (Å²) >= 11 is -0.0448. The van der Waals surface area contributed by atoms with Gasteiger partial charge in [-0.15, -0.1) is 4.33 Å². The molecule has 9 N–H and O–H groups in total. The van der Waals surface area contributed by atoms with Crippen molar-refractivity contribution in [3.05, 3.63) is 0 Å². The van der Waals surface area contributed by atoms with Gasteiger partial charge in [-0.3, -0.25) is 14.0 Å². The Kier molecular flexibility index (Phi) is 15.5. The van der Waals surface area contributed by atoms with Crippen LogP contribution in [-0.4, -0.2) is 152 Å². The molecule has 1 amide bonds. The fourth-order valence-electron chi connectivity index (χ4n) is 4.57. The smallest absolute Gasteiger partial charge is 0.691 e. The van der Waals surface area contributed by atoms with E-state index in [1.54, 1.807) is 0 Å². The van der Waals surface area contributed by atoms with Gasteiger partial charge in [-0.25, -0.2) is 0 Å². The molecule has 0 aliphatic carbocycles. The number of ether oxygens (including phenoxy) is 5. The Hall–Kier alpha value is 0.140. The average Bonchev–Trinajstić information content (AvgIpc) is 2.92. The maximum absolute atomic E-state index is 12.0. The normalized spacial score (nSPS) is 45.1. The first-order valence-corrected chi connectivity index (χ1v) is 12.7. The fraction of sp³-hybridized carbons (Fsp3) is 0.950. The minimum atomic E-state index is -1.87. The number of aliphatic hydroxyl groups excluding tert-OH is 8. The minimum absolute atomic E-state index is 0. The van der Waals surface area contributed by atoms with E-state index in [0.29, 0.717) is 0 Å². The third-order valence-electron chi connectivity index (χ3n) is 6.63. The zero-order valence-corrected chi connectivity index (χ0v) is 25.0. The summed E-state index contributed by atoms with van der Waals surface area (Å²) in [7, 11) is 0. The molecular weight excluding hydrogens is 597 g/mol. The molecule has 15 unspecified atom stereocenters. The topological polar surface area (TPSA) is 288 Å². The van der Waals surface area contributed by atoms with Crippen LogP contribution in [0.4, 0.5) is 0 Å². The summed E-state index contributed by atoms with van der Waals surface area (Å²) in [6.45, 7) is 0.886. The first-order valence-electron chi connectivity index (χ1n) is 12.1. The Morgan fingerprint density at radius 3 is 2.02 bits per heavy atom. The number of carbonyl (C=O) groups excluding carboxylic acids is 1. The van der Waals surface area contributed by atoms with Gasteiger partial charge in [0.25, 0.3) is 0 Å². The molecule has 0 aromatic rings. The van der Waals surface area contributed by atoms with Crippen LogP contribution < -0.4 is 40.1 Å². The summed E-state index contributed by atoms with van der Waals surface area (Å²) in [5.41, 5.74) is 0. The Morgan fingerprint density at radius 1 is 0.829 bits per heavy atom. The van der Waals surface area contributed by atoms with Crippen molar-refractivity contribution in [2.45, 2.75) is 106 Å². The molecule has 3 saturated heterocycles. The third kappa shape index (κ3) is 8.87. The van der Waals surface area contributed by atoms with E-state index in [4.69, 9.17) is 27.9 Å². The summed E-state index contributed by atoms with van der Waals surface area (Å²) in [5, 5.41) is 97.7. The molecule has 41 heavy (non-hydrogen) atoms. The van der Waals surface area contributed by atoms with Crippen molar-refractivity contribution in [2.24, 2.45) is 0 Å². The van der Waals surface area contributed by atoms with Crippen LogP contribution in [0.2, 0.25) is 0 Å². The fourth-order valence-corrected chi connectivity index (χ4v) is 4.94. The van der Waals surface area contributed by atoms with E-state index in [9.17, 15) is 50.9 Å². The second-order valence-corrected chi connectivity index (χ2v) is 9.79. The Balaban J connectivity index is 0.00000588. The van der Waals surface area contributed by atoms with Crippen molar-refractivity contribution in [2.75, 3.05) is 13.2 Å². The van der Waals surface area contributed by atoms with Gasteiger partial charge >= 0.3 is 29.6 Å². The van der Waals surface area contributed by atoms with E-state index in [1.165, 1.54) is 6.92 Å². The minimum Gasteiger partial charge on any atom is -0.691 e. The zero-order valence-electron chi connectivity index (χ0n) is 22.1. The number of carbonyl (C=O) groups is 1. The van der Waals surface area contributed by atoms with Crippen LogP contribution in [0, 0.1) is 0 Å². The van der Waals surface area contributed by atoms with Crippen LogP contribution in [0.5, 0.6) is 0 Å². The molecule has 0 saturated carbocycles. The molecule has 15 atom stereocenters. The predicted molar refractivity (Wildman–Crippen MR) is 120 cm³/mol. The number of aliphatic hydroxyl groups is 8. The summed E-state index contributed by atoms with van der Waals surface area (Å²) in [6, 6.07) is -1.47. The molecule has 3 heterocycles. The molecule has 3 rings (SSSR count). The van der Waals surface area contributed by atoms with Gasteiger partial charge in [-0.2, -0.15) is 0 Å². The SMILES string of the molecule is CC(=O)NC1C(O)OC(CO)C(OC2OC(C)C(O)C(O)C2O)C1OC1OC(CO)C(O)C(OSOO[O-])C1O.[Na+]. The molecule has 3 aliphatic rings. The van der Waals surface area contributed by atoms with Gasteiger partial charge in [-0.1, -0.05) is 0 Å². The molecule has 0 radical (unpaired) electrons. The van der Waals surface area contributed by atoms with Gasteiger partial charge < -0.3 is 75.1 Å². The second kappa shape index (κ2) is 17.0. The van der Waals surface area contributed by atoms with Gasteiger partial charge in [0.05, 0.1) is 19.3 Å². The molecule has 0 aromatic heterocycles. The first kappa shape index (κ1) is 37.3. The number of nitrogens with one attached hydrogen (secondary N) is 1. The molecule has 0 spiro atoms. The number of amides is 1. The molecular formula is C20H34NNaO18S. The zero-order chi connectivity index (χ0) is 29.7. The van der Waals surface area contributed by atoms with Crippen molar-refractivity contribution >= 4 is 18.2 Å². The molecule has 0 aromatic carbocycles. The maximum atomic E-state index is 12.0. The van der Waals surface area contributed by atoms with Crippen LogP contribution in [0.1, 0.15) is 13.8 Å². The van der Waals surface area contributed by atoms with Crippen molar-refractivity contribution < 1.29 is 118 Å². The van der Waals surface area contributed by atoms with Crippen LogP contribution in [-0.2, 0) is 42.0 Å². The van der Waals surface area contributed by atoms with Crippen molar-refractivity contribution in [3.63, 3.8) is 0 Å². The van der Waals surface area contributed by atoms with Gasteiger partial charge in [0.1, 0.15) is 67.1 Å². The van der Waals surface area contributed by atoms with E-state index in [-0.39, 0.29) is 41.9 Å². The van der Waals surface area contributed by atoms with E-state index in [1.807, 2.05) is 0 Å². The number of hydrogen-bond donors (Lipinski definition) is 9. The van der Waals surface area contributed by atoms with E-state index >= 15 is 0 Å². The maximum Gasteiger partial charge on any atom is 1.00 e. The standard InChI is InChI=1S/C20H35NO18S.Na/c1-5-10(25)12(27)13(28)19(32-5)35-15-8(4-23)33-18(30)9(21-6(2)24)16(15)36-20-14(29)17(37-40-39-38-31)11(26)7(3-22)34-20;/h5,7-20,22-23,25-31H,3-4H2,1-2H3,(H,21,24);/q;+1/p-1. The second-order valence-electron chi connectivity index (χ2n) is 9.33. The van der Waals surface area contributed by atoms with Crippen LogP contribution >= 0.6 is 12.3 Å². The Labute approximate surface area is 259 Å². The van der Waals surface area contributed by atoms with Crippen LogP contribution in [0.15, 0.2) is 0 Å². The summed E-state index contributed by atoms with van der Waals surface area (Å²) in [6.07, 6.45) is -22.4. The molecule has 19 nitrogen and oxygen atoms in total. The van der Waals surface area contributed by atoms with Gasteiger partial charge in [0.2, 0.25) is 5.91 Å². The quantitative estimate of drug-likeness (QED) is 0.0336. The molecule has 3 fully saturated rings. The molecule has 3 aliphatic heterocycles. The van der Waals surface area contributed by atoms with E-state index < -0.39 is 111 Å². The van der Waals surface area contributed by atoms with Crippen molar-refractivity contribution in [3.8, 4) is 0 Å². The van der Waals surface area contributed by atoms with Crippen molar-refractivity contribution in [1.29, 1.82) is 0 Å². The van der Waals surface area contributed by atoms with Crippen LogP contribution in [0.3, 0.4) is 0 Å². The molecule has 0 bridgehead atoms. The van der Waals surface area contributed by atoms with E-state index in [2.05, 4.69) is 14.7 Å². The van der Waals surface area contributed by atoms with Crippen LogP contribution in [0.25, 0.3) is 0 Å². The predicted octanol–water partition coefficient (Wildman–Crippen LogP) is -9.59. The summed E-state index contributed by atoms with van der Waals surface area (Å²) < 4.78 is 37.0.